The van der Waals surface area contributed by atoms with E-state index in [0.29, 0.717) is 5.69 Å². The Morgan fingerprint density at radius 2 is 1.86 bits per heavy atom. The summed E-state index contributed by atoms with van der Waals surface area (Å²) in [5.74, 6) is 0.305. The molecule has 1 heterocycles. The number of anilines is 1. The van der Waals surface area contributed by atoms with Crippen LogP contribution in [0.4, 0.5) is 17.3 Å². The van der Waals surface area contributed by atoms with Crippen molar-refractivity contribution < 1.29 is 4.92 Å². The van der Waals surface area contributed by atoms with Crippen molar-refractivity contribution in [2.75, 3.05) is 5.32 Å². The molecule has 22 heavy (non-hydrogen) atoms. The van der Waals surface area contributed by atoms with E-state index in [0.717, 1.165) is 17.0 Å². The Labute approximate surface area is 127 Å². The molecule has 1 aromatic heterocycles. The largest absolute Gasteiger partial charge is 0.369 e. The van der Waals surface area contributed by atoms with Gasteiger partial charge in [0.2, 0.25) is 5.96 Å². The van der Waals surface area contributed by atoms with E-state index in [-0.39, 0.29) is 17.6 Å². The van der Waals surface area contributed by atoms with Crippen LogP contribution in [0.15, 0.2) is 29.3 Å². The SMILES string of the molecule is Cc1cc(C)nc(/N=C(\N)Nc2cc([N+](=O)[O-])ccc2C)n1. The van der Waals surface area contributed by atoms with Gasteiger partial charge in [-0.05, 0) is 32.4 Å². The van der Waals surface area contributed by atoms with Gasteiger partial charge in [-0.2, -0.15) is 4.99 Å². The molecule has 0 atom stereocenters. The molecule has 0 unspecified atom stereocenters. The first-order chi connectivity index (χ1) is 10.3. The lowest BCUT2D eigenvalue weighted by atomic mass is 10.2. The maximum atomic E-state index is 10.8. The number of benzene rings is 1. The highest BCUT2D eigenvalue weighted by atomic mass is 16.6. The first kappa shape index (κ1) is 15.4. The Balaban J connectivity index is 2.28. The number of non-ortho nitro benzene ring substituents is 1. The van der Waals surface area contributed by atoms with Gasteiger partial charge in [-0.15, -0.1) is 0 Å². The minimum absolute atomic E-state index is 0.0245. The van der Waals surface area contributed by atoms with Crippen molar-refractivity contribution in [1.82, 2.24) is 9.97 Å². The van der Waals surface area contributed by atoms with Gasteiger partial charge in [0.05, 0.1) is 10.6 Å². The highest BCUT2D eigenvalue weighted by Gasteiger charge is 2.09. The summed E-state index contributed by atoms with van der Waals surface area (Å²) < 4.78 is 0. The number of rotatable bonds is 3. The summed E-state index contributed by atoms with van der Waals surface area (Å²) in [6.07, 6.45) is 0. The molecule has 3 N–H and O–H groups in total. The predicted octanol–water partition coefficient (Wildman–Crippen LogP) is 2.37. The van der Waals surface area contributed by atoms with Crippen LogP contribution < -0.4 is 11.1 Å². The van der Waals surface area contributed by atoms with Crippen LogP contribution in [0.5, 0.6) is 0 Å². The van der Waals surface area contributed by atoms with Crippen molar-refractivity contribution in [3.05, 3.63) is 51.3 Å². The number of nitro benzene ring substituents is 1. The third kappa shape index (κ3) is 3.75. The number of nitrogens with two attached hydrogens (primary N) is 1. The molecule has 0 fully saturated rings. The molecular formula is C14H16N6O2. The summed E-state index contributed by atoms with van der Waals surface area (Å²) >= 11 is 0. The van der Waals surface area contributed by atoms with Gasteiger partial charge in [0.15, 0.2) is 0 Å². The molecule has 2 aromatic rings. The Hall–Kier alpha value is -3.03. The Morgan fingerprint density at radius 1 is 1.23 bits per heavy atom. The molecule has 0 radical (unpaired) electrons. The van der Waals surface area contributed by atoms with Crippen molar-refractivity contribution in [3.63, 3.8) is 0 Å². The molecule has 0 aliphatic heterocycles. The van der Waals surface area contributed by atoms with Crippen LogP contribution >= 0.6 is 0 Å². The fourth-order valence-electron chi connectivity index (χ4n) is 1.89. The van der Waals surface area contributed by atoms with E-state index in [2.05, 4.69) is 20.3 Å². The van der Waals surface area contributed by atoms with Gasteiger partial charge in [0.25, 0.3) is 11.6 Å². The van der Waals surface area contributed by atoms with E-state index in [1.165, 1.54) is 12.1 Å². The van der Waals surface area contributed by atoms with Gasteiger partial charge in [-0.1, -0.05) is 6.07 Å². The number of hydrogen-bond donors (Lipinski definition) is 2. The minimum Gasteiger partial charge on any atom is -0.369 e. The molecule has 0 bridgehead atoms. The average Bonchev–Trinajstić information content (AvgIpc) is 2.39. The number of nitrogens with one attached hydrogen (secondary N) is 1. The summed E-state index contributed by atoms with van der Waals surface area (Å²) in [7, 11) is 0. The number of aliphatic imine (C=N–C) groups is 1. The van der Waals surface area contributed by atoms with Crippen LogP contribution in [0.25, 0.3) is 0 Å². The third-order valence-corrected chi connectivity index (χ3v) is 2.89. The molecule has 2 rings (SSSR count). The van der Waals surface area contributed by atoms with Crippen LogP contribution in [-0.4, -0.2) is 20.9 Å². The van der Waals surface area contributed by atoms with E-state index in [4.69, 9.17) is 5.73 Å². The van der Waals surface area contributed by atoms with Gasteiger partial charge in [0.1, 0.15) is 0 Å². The smallest absolute Gasteiger partial charge is 0.271 e. The quantitative estimate of drug-likeness (QED) is 0.388. The monoisotopic (exact) mass is 300 g/mol. The van der Waals surface area contributed by atoms with Crippen LogP contribution in [-0.2, 0) is 0 Å². The minimum atomic E-state index is -0.467. The second kappa shape index (κ2) is 6.17. The molecule has 0 aliphatic rings. The molecule has 1 aromatic carbocycles. The van der Waals surface area contributed by atoms with Crippen molar-refractivity contribution >= 4 is 23.3 Å². The van der Waals surface area contributed by atoms with Crippen molar-refractivity contribution in [2.45, 2.75) is 20.8 Å². The summed E-state index contributed by atoms with van der Waals surface area (Å²) in [5, 5.41) is 13.6. The fourth-order valence-corrected chi connectivity index (χ4v) is 1.89. The number of aryl methyl sites for hydroxylation is 3. The van der Waals surface area contributed by atoms with Crippen molar-refractivity contribution in [2.24, 2.45) is 10.7 Å². The second-order valence-corrected chi connectivity index (χ2v) is 4.83. The predicted molar refractivity (Wildman–Crippen MR) is 84.2 cm³/mol. The highest BCUT2D eigenvalue weighted by molar-refractivity contribution is 5.94. The highest BCUT2D eigenvalue weighted by Crippen LogP contribution is 2.21. The topological polar surface area (TPSA) is 119 Å². The average molecular weight is 300 g/mol. The van der Waals surface area contributed by atoms with Gasteiger partial charge in [0, 0.05) is 23.5 Å². The van der Waals surface area contributed by atoms with Crippen LogP contribution in [0.2, 0.25) is 0 Å². The Bertz CT molecular complexity index is 737. The third-order valence-electron chi connectivity index (χ3n) is 2.89. The number of nitrogens with zero attached hydrogens (tertiary/aromatic N) is 4. The van der Waals surface area contributed by atoms with Crippen molar-refractivity contribution in [1.29, 1.82) is 0 Å². The molecule has 0 saturated carbocycles. The molecule has 114 valence electrons. The first-order valence-electron chi connectivity index (χ1n) is 6.53. The Kier molecular flexibility index (Phi) is 4.31. The number of hydrogen-bond acceptors (Lipinski definition) is 5. The zero-order chi connectivity index (χ0) is 16.3. The summed E-state index contributed by atoms with van der Waals surface area (Å²) in [6, 6.07) is 6.30. The normalized spacial score (nSPS) is 11.3. The zero-order valence-electron chi connectivity index (χ0n) is 12.5. The summed E-state index contributed by atoms with van der Waals surface area (Å²) in [6.45, 7) is 5.48. The number of guanidine groups is 1. The molecule has 8 nitrogen and oxygen atoms in total. The zero-order valence-corrected chi connectivity index (χ0v) is 12.5. The second-order valence-electron chi connectivity index (χ2n) is 4.83. The van der Waals surface area contributed by atoms with E-state index < -0.39 is 4.92 Å². The molecule has 0 aliphatic carbocycles. The van der Waals surface area contributed by atoms with Gasteiger partial charge >= 0.3 is 0 Å². The maximum Gasteiger partial charge on any atom is 0.271 e. The Morgan fingerprint density at radius 3 is 2.45 bits per heavy atom. The summed E-state index contributed by atoms with van der Waals surface area (Å²) in [5.41, 5.74) is 8.69. The molecular weight excluding hydrogens is 284 g/mol. The lowest BCUT2D eigenvalue weighted by molar-refractivity contribution is -0.384. The van der Waals surface area contributed by atoms with Gasteiger partial charge in [-0.25, -0.2) is 9.97 Å². The van der Waals surface area contributed by atoms with E-state index in [1.54, 1.807) is 6.07 Å². The van der Waals surface area contributed by atoms with Crippen molar-refractivity contribution in [3.8, 4) is 0 Å². The van der Waals surface area contributed by atoms with Gasteiger partial charge in [-0.3, -0.25) is 10.1 Å². The van der Waals surface area contributed by atoms with E-state index in [1.807, 2.05) is 26.8 Å². The van der Waals surface area contributed by atoms with Crippen LogP contribution in [0, 0.1) is 30.9 Å². The van der Waals surface area contributed by atoms with Crippen LogP contribution in [0.3, 0.4) is 0 Å². The van der Waals surface area contributed by atoms with E-state index >= 15 is 0 Å². The summed E-state index contributed by atoms with van der Waals surface area (Å²) in [4.78, 5) is 22.7. The molecule has 0 spiro atoms. The molecule has 0 amide bonds. The first-order valence-corrected chi connectivity index (χ1v) is 6.53. The lowest BCUT2D eigenvalue weighted by Crippen LogP contribution is -2.22. The molecule has 8 heteroatoms. The number of aromatic nitrogens is 2. The fraction of sp³-hybridized carbons (Fsp3) is 0.214. The van der Waals surface area contributed by atoms with Gasteiger partial charge < -0.3 is 11.1 Å². The maximum absolute atomic E-state index is 10.8. The molecule has 0 saturated heterocycles. The standard InChI is InChI=1S/C14H16N6O2/c1-8-4-5-11(20(21)22)7-12(8)18-13(15)19-14-16-9(2)6-10(3)17-14/h4-7H,1-3H3,(H3,15,16,17,18,19). The lowest BCUT2D eigenvalue weighted by Gasteiger charge is -2.08. The van der Waals surface area contributed by atoms with Crippen LogP contribution in [0.1, 0.15) is 17.0 Å². The number of nitro groups is 1. The van der Waals surface area contributed by atoms with E-state index in [9.17, 15) is 10.1 Å².